The molecule has 0 bridgehead atoms. The maximum Gasteiger partial charge on any atom is 0.253 e. The highest BCUT2D eigenvalue weighted by Gasteiger charge is 2.23. The number of rotatable bonds is 5. The van der Waals surface area contributed by atoms with Crippen molar-refractivity contribution in [2.75, 3.05) is 7.11 Å². The molecule has 1 unspecified atom stereocenters. The van der Waals surface area contributed by atoms with E-state index in [1.54, 1.807) is 19.5 Å². The van der Waals surface area contributed by atoms with Crippen LogP contribution in [0.2, 0.25) is 0 Å². The predicted octanol–water partition coefficient (Wildman–Crippen LogP) is 2.66. The number of hydrogen-bond donors (Lipinski definition) is 1. The number of carbonyl (C=O) groups is 1. The number of hydrogen-bond acceptors (Lipinski definition) is 5. The van der Waals surface area contributed by atoms with Crippen LogP contribution in [0.4, 0.5) is 0 Å². The van der Waals surface area contributed by atoms with Crippen molar-refractivity contribution in [3.8, 4) is 16.9 Å². The zero-order valence-electron chi connectivity index (χ0n) is 16.1. The number of amides is 1. The van der Waals surface area contributed by atoms with E-state index in [0.717, 1.165) is 47.8 Å². The molecule has 3 heterocycles. The molecule has 0 radical (unpaired) electrons. The Morgan fingerprint density at radius 1 is 1.25 bits per heavy atom. The van der Waals surface area contributed by atoms with E-state index >= 15 is 0 Å². The van der Waals surface area contributed by atoms with Crippen LogP contribution in [0.3, 0.4) is 0 Å². The highest BCUT2D eigenvalue weighted by Crippen LogP contribution is 2.22. The highest BCUT2D eigenvalue weighted by atomic mass is 16.5. The fraction of sp³-hybridized carbons (Fsp3) is 0.333. The SMILES string of the molecule is CCc1nc2n(n1)CC(NC(=O)c1cncc(-c3ccc(OC)cc3)c1)CC2. The number of fused-ring (bicyclic) bond motifs is 1. The first kappa shape index (κ1) is 18.2. The van der Waals surface area contributed by atoms with E-state index in [0.29, 0.717) is 12.1 Å². The molecule has 28 heavy (non-hydrogen) atoms. The number of methoxy groups -OCH3 is 1. The van der Waals surface area contributed by atoms with Crippen LogP contribution >= 0.6 is 0 Å². The third-order valence-electron chi connectivity index (χ3n) is 4.98. The predicted molar refractivity (Wildman–Crippen MR) is 105 cm³/mol. The van der Waals surface area contributed by atoms with E-state index in [-0.39, 0.29) is 11.9 Å². The number of ether oxygens (including phenoxy) is 1. The third-order valence-corrected chi connectivity index (χ3v) is 4.98. The van der Waals surface area contributed by atoms with E-state index in [1.807, 2.05) is 41.9 Å². The summed E-state index contributed by atoms with van der Waals surface area (Å²) < 4.78 is 7.11. The van der Waals surface area contributed by atoms with Crippen LogP contribution < -0.4 is 10.1 Å². The van der Waals surface area contributed by atoms with Crippen LogP contribution in [0, 0.1) is 0 Å². The Balaban J connectivity index is 1.46. The summed E-state index contributed by atoms with van der Waals surface area (Å²) in [5, 5.41) is 7.61. The van der Waals surface area contributed by atoms with Gasteiger partial charge in [0.2, 0.25) is 0 Å². The van der Waals surface area contributed by atoms with Crippen molar-refractivity contribution in [1.82, 2.24) is 25.1 Å². The molecule has 1 aliphatic heterocycles. The molecule has 3 aromatic rings. The number of carbonyl (C=O) groups excluding carboxylic acids is 1. The number of aryl methyl sites for hydroxylation is 2. The average Bonchev–Trinajstić information content (AvgIpc) is 3.16. The van der Waals surface area contributed by atoms with Gasteiger partial charge in [-0.25, -0.2) is 9.67 Å². The molecule has 1 aliphatic rings. The summed E-state index contributed by atoms with van der Waals surface area (Å²) in [6, 6.07) is 9.60. The van der Waals surface area contributed by atoms with Crippen LogP contribution in [0.1, 0.15) is 35.4 Å². The molecule has 4 rings (SSSR count). The molecule has 0 spiro atoms. The van der Waals surface area contributed by atoms with Crippen molar-refractivity contribution in [1.29, 1.82) is 0 Å². The minimum atomic E-state index is -0.118. The molecule has 0 saturated heterocycles. The van der Waals surface area contributed by atoms with Crippen LogP contribution in [-0.2, 0) is 19.4 Å². The molecule has 144 valence electrons. The monoisotopic (exact) mass is 377 g/mol. The molecule has 1 amide bonds. The van der Waals surface area contributed by atoms with Crippen molar-refractivity contribution in [3.05, 3.63) is 59.9 Å². The maximum atomic E-state index is 12.8. The summed E-state index contributed by atoms with van der Waals surface area (Å²) in [4.78, 5) is 21.5. The molecule has 7 nitrogen and oxygen atoms in total. The smallest absolute Gasteiger partial charge is 0.253 e. The van der Waals surface area contributed by atoms with Gasteiger partial charge in [-0.2, -0.15) is 5.10 Å². The van der Waals surface area contributed by atoms with Gasteiger partial charge in [-0.1, -0.05) is 19.1 Å². The normalized spacial score (nSPS) is 15.7. The lowest BCUT2D eigenvalue weighted by atomic mass is 10.0. The molecule has 0 saturated carbocycles. The molecule has 0 aliphatic carbocycles. The fourth-order valence-electron chi connectivity index (χ4n) is 3.40. The number of benzene rings is 1. The molecule has 1 aromatic carbocycles. The van der Waals surface area contributed by atoms with E-state index in [2.05, 4.69) is 20.4 Å². The number of nitrogens with zero attached hydrogens (tertiary/aromatic N) is 4. The highest BCUT2D eigenvalue weighted by molar-refractivity contribution is 5.95. The molecule has 0 fully saturated rings. The standard InChI is InChI=1S/C21H23N5O2/c1-3-19-24-20-9-6-17(13-26(20)25-19)23-21(27)16-10-15(11-22-12-16)14-4-7-18(28-2)8-5-14/h4-5,7-8,10-12,17H,3,6,9,13H2,1-2H3,(H,23,27). The Morgan fingerprint density at radius 2 is 2.07 bits per heavy atom. The minimum Gasteiger partial charge on any atom is -0.497 e. The second-order valence-electron chi connectivity index (χ2n) is 6.88. The zero-order valence-corrected chi connectivity index (χ0v) is 16.1. The molecule has 2 aromatic heterocycles. The van der Waals surface area contributed by atoms with Gasteiger partial charge in [0.25, 0.3) is 5.91 Å². The number of pyridine rings is 1. The Bertz CT molecular complexity index is 981. The van der Waals surface area contributed by atoms with Crippen molar-refractivity contribution in [2.24, 2.45) is 0 Å². The van der Waals surface area contributed by atoms with Gasteiger partial charge in [0.15, 0.2) is 5.82 Å². The van der Waals surface area contributed by atoms with Gasteiger partial charge in [-0.15, -0.1) is 0 Å². The van der Waals surface area contributed by atoms with E-state index in [1.165, 1.54) is 0 Å². The van der Waals surface area contributed by atoms with Gasteiger partial charge >= 0.3 is 0 Å². The molecule has 7 heteroatoms. The Morgan fingerprint density at radius 3 is 2.82 bits per heavy atom. The van der Waals surface area contributed by atoms with Crippen molar-refractivity contribution in [2.45, 2.75) is 38.8 Å². The van der Waals surface area contributed by atoms with Gasteiger partial charge in [0.05, 0.1) is 19.2 Å². The number of nitrogens with one attached hydrogen (secondary N) is 1. The lowest BCUT2D eigenvalue weighted by molar-refractivity contribution is 0.0926. The van der Waals surface area contributed by atoms with Gasteiger partial charge in [-0.3, -0.25) is 9.78 Å². The first-order valence-corrected chi connectivity index (χ1v) is 9.49. The third kappa shape index (κ3) is 3.74. The quantitative estimate of drug-likeness (QED) is 0.739. The Hall–Kier alpha value is -3.22. The Kier molecular flexibility index (Phi) is 5.06. The van der Waals surface area contributed by atoms with E-state index in [9.17, 15) is 4.79 Å². The maximum absolute atomic E-state index is 12.8. The summed E-state index contributed by atoms with van der Waals surface area (Å²) in [6.07, 6.45) is 5.86. The largest absolute Gasteiger partial charge is 0.497 e. The van der Waals surface area contributed by atoms with Crippen LogP contribution in [0.15, 0.2) is 42.7 Å². The summed E-state index contributed by atoms with van der Waals surface area (Å²) in [5.74, 6) is 2.54. The first-order chi connectivity index (χ1) is 13.7. The lowest BCUT2D eigenvalue weighted by Gasteiger charge is -2.23. The summed E-state index contributed by atoms with van der Waals surface area (Å²) in [7, 11) is 1.64. The topological polar surface area (TPSA) is 81.9 Å². The summed E-state index contributed by atoms with van der Waals surface area (Å²) >= 11 is 0. The van der Waals surface area contributed by atoms with Crippen molar-refractivity contribution < 1.29 is 9.53 Å². The molecule has 1 atom stereocenters. The second-order valence-corrected chi connectivity index (χ2v) is 6.88. The van der Waals surface area contributed by atoms with Crippen molar-refractivity contribution in [3.63, 3.8) is 0 Å². The van der Waals surface area contributed by atoms with E-state index < -0.39 is 0 Å². The van der Waals surface area contributed by atoms with Gasteiger partial charge in [0.1, 0.15) is 11.6 Å². The van der Waals surface area contributed by atoms with Crippen LogP contribution in [0.25, 0.3) is 11.1 Å². The zero-order chi connectivity index (χ0) is 19.5. The second kappa shape index (κ2) is 7.80. The number of aromatic nitrogens is 4. The average molecular weight is 377 g/mol. The van der Waals surface area contributed by atoms with E-state index in [4.69, 9.17) is 4.74 Å². The van der Waals surface area contributed by atoms with Gasteiger partial charge in [0, 0.05) is 36.8 Å². The summed E-state index contributed by atoms with van der Waals surface area (Å²) in [6.45, 7) is 2.70. The Labute approximate surface area is 163 Å². The summed E-state index contributed by atoms with van der Waals surface area (Å²) in [5.41, 5.74) is 2.43. The van der Waals surface area contributed by atoms with Crippen LogP contribution in [-0.4, -0.2) is 38.8 Å². The first-order valence-electron chi connectivity index (χ1n) is 9.49. The van der Waals surface area contributed by atoms with Crippen molar-refractivity contribution >= 4 is 5.91 Å². The molecular weight excluding hydrogens is 354 g/mol. The molecule has 1 N–H and O–H groups in total. The van der Waals surface area contributed by atoms with Gasteiger partial charge in [-0.05, 0) is 30.2 Å². The fourth-order valence-corrected chi connectivity index (χ4v) is 3.40. The lowest BCUT2D eigenvalue weighted by Crippen LogP contribution is -2.41. The van der Waals surface area contributed by atoms with Gasteiger partial charge < -0.3 is 10.1 Å². The molecular formula is C21H23N5O2. The minimum absolute atomic E-state index is 0.0380. The van der Waals surface area contributed by atoms with Crippen LogP contribution in [0.5, 0.6) is 5.75 Å².